The number of benzene rings is 1. The zero-order chi connectivity index (χ0) is 19.3. The first-order chi connectivity index (χ1) is 11.6. The van der Waals surface area contributed by atoms with Crippen molar-refractivity contribution >= 4 is 12.1 Å². The lowest BCUT2D eigenvalue weighted by atomic mass is 10.1. The van der Waals surface area contributed by atoms with Gasteiger partial charge in [0.2, 0.25) is 34.8 Å². The van der Waals surface area contributed by atoms with Crippen molar-refractivity contribution in [1.29, 1.82) is 0 Å². The van der Waals surface area contributed by atoms with Gasteiger partial charge in [-0.25, -0.2) is 22.8 Å². The van der Waals surface area contributed by atoms with Gasteiger partial charge in [-0.1, -0.05) is 19.8 Å². The highest BCUT2D eigenvalue weighted by Crippen LogP contribution is 2.29. The highest BCUT2D eigenvalue weighted by atomic mass is 19.2. The molecule has 0 saturated heterocycles. The molecule has 0 aliphatic heterocycles. The molecule has 0 aromatic heterocycles. The van der Waals surface area contributed by atoms with Crippen molar-refractivity contribution in [2.75, 3.05) is 6.61 Å². The zero-order valence-electron chi connectivity index (χ0n) is 13.0. The molecule has 0 heterocycles. The Morgan fingerprint density at radius 1 is 1.04 bits per heavy atom. The lowest BCUT2D eigenvalue weighted by Crippen LogP contribution is -2.46. The molecule has 1 aromatic carbocycles. The maximum absolute atomic E-state index is 13.5. The number of amides is 1. The molecule has 1 atom stereocenters. The number of halogens is 5. The van der Waals surface area contributed by atoms with Gasteiger partial charge in [0.25, 0.3) is 0 Å². The average Bonchev–Trinajstić information content (AvgIpc) is 2.57. The fourth-order valence-corrected chi connectivity index (χ4v) is 1.61. The first kappa shape index (κ1) is 20.2. The fourth-order valence-electron chi connectivity index (χ4n) is 1.61. The van der Waals surface area contributed by atoms with Gasteiger partial charge in [-0.05, 0) is 5.92 Å². The highest BCUT2D eigenvalue weighted by molar-refractivity contribution is 5.83. The number of hydrogen-bond donors (Lipinski definition) is 1. The topological polar surface area (TPSA) is 64.6 Å². The van der Waals surface area contributed by atoms with Gasteiger partial charge in [0.1, 0.15) is 6.04 Å². The number of esters is 1. The van der Waals surface area contributed by atoms with E-state index in [2.05, 4.69) is 9.47 Å². The number of carbonyl (C=O) groups is 2. The molecule has 0 fully saturated rings. The number of terminal acetylenes is 1. The van der Waals surface area contributed by atoms with Crippen LogP contribution in [0, 0.1) is 47.3 Å². The van der Waals surface area contributed by atoms with Crippen LogP contribution in [0.1, 0.15) is 13.8 Å². The Balaban J connectivity index is 3.07. The highest BCUT2D eigenvalue weighted by Gasteiger charge is 2.32. The number of nitrogens with one attached hydrogen (secondary N) is 1. The predicted molar refractivity (Wildman–Crippen MR) is 73.8 cm³/mol. The molecule has 0 radical (unpaired) electrons. The summed E-state index contributed by atoms with van der Waals surface area (Å²) < 4.78 is 74.9. The Labute approximate surface area is 139 Å². The maximum atomic E-state index is 13.5. The van der Waals surface area contributed by atoms with E-state index < -0.39 is 65.5 Å². The van der Waals surface area contributed by atoms with Gasteiger partial charge in [0.15, 0.2) is 6.61 Å². The summed E-state index contributed by atoms with van der Waals surface area (Å²) in [6.07, 6.45) is 3.74. The Bertz CT molecular complexity index is 701. The largest absolute Gasteiger partial charge is 0.436 e. The lowest BCUT2D eigenvalue weighted by Gasteiger charge is -2.20. The van der Waals surface area contributed by atoms with E-state index in [-0.39, 0.29) is 0 Å². The van der Waals surface area contributed by atoms with Crippen molar-refractivity contribution in [2.45, 2.75) is 19.9 Å². The molecule has 1 aromatic rings. The number of alkyl carbamates (subject to hydrolysis) is 1. The molecule has 25 heavy (non-hydrogen) atoms. The van der Waals surface area contributed by atoms with Crippen molar-refractivity contribution in [3.05, 3.63) is 29.1 Å². The van der Waals surface area contributed by atoms with Gasteiger partial charge in [-0.3, -0.25) is 0 Å². The minimum Gasteiger partial charge on any atom is -0.436 e. The number of carbonyl (C=O) groups excluding carboxylic acids is 2. The van der Waals surface area contributed by atoms with Crippen LogP contribution in [-0.2, 0) is 9.53 Å². The van der Waals surface area contributed by atoms with Gasteiger partial charge >= 0.3 is 12.1 Å². The van der Waals surface area contributed by atoms with E-state index in [4.69, 9.17) is 6.42 Å². The molecule has 5 nitrogen and oxygen atoms in total. The van der Waals surface area contributed by atoms with E-state index in [1.165, 1.54) is 13.8 Å². The van der Waals surface area contributed by atoms with Crippen LogP contribution < -0.4 is 10.1 Å². The Hall–Kier alpha value is -2.83. The fraction of sp³-hybridized carbons (Fsp3) is 0.333. The third-order valence-electron chi connectivity index (χ3n) is 2.85. The van der Waals surface area contributed by atoms with Crippen LogP contribution in [0.15, 0.2) is 0 Å². The monoisotopic (exact) mass is 365 g/mol. The second kappa shape index (κ2) is 8.32. The van der Waals surface area contributed by atoms with Crippen molar-refractivity contribution in [1.82, 2.24) is 5.32 Å². The van der Waals surface area contributed by atoms with Crippen molar-refractivity contribution in [2.24, 2.45) is 5.92 Å². The van der Waals surface area contributed by atoms with E-state index >= 15 is 0 Å². The quantitative estimate of drug-likeness (QED) is 0.218. The van der Waals surface area contributed by atoms with Gasteiger partial charge in [0.05, 0.1) is 0 Å². The lowest BCUT2D eigenvalue weighted by molar-refractivity contribution is -0.138. The molecule has 0 saturated carbocycles. The molecule has 0 unspecified atom stereocenters. The van der Waals surface area contributed by atoms with Crippen LogP contribution in [-0.4, -0.2) is 24.7 Å². The van der Waals surface area contributed by atoms with E-state index in [1.807, 2.05) is 11.2 Å². The molecule has 0 spiro atoms. The van der Waals surface area contributed by atoms with Gasteiger partial charge in [-0.15, -0.1) is 6.42 Å². The first-order valence-corrected chi connectivity index (χ1v) is 6.71. The third-order valence-corrected chi connectivity index (χ3v) is 2.85. The van der Waals surface area contributed by atoms with E-state index in [1.54, 1.807) is 0 Å². The van der Waals surface area contributed by atoms with E-state index in [0.717, 1.165) is 0 Å². The summed E-state index contributed by atoms with van der Waals surface area (Å²) in [7, 11) is 0. The molecular weight excluding hydrogens is 353 g/mol. The van der Waals surface area contributed by atoms with Crippen LogP contribution in [0.4, 0.5) is 26.7 Å². The third kappa shape index (κ3) is 4.59. The standard InChI is InChI=1S/C15H12F5NO4/c1-4-5-24-15(23)21-12(6(2)3)14(22)25-13-10(19)8(17)7(16)9(18)11(13)20/h1,6,12H,5H2,2-3H3,(H,21,23)/t12-/m0/s1. The van der Waals surface area contributed by atoms with Crippen LogP contribution in [0.5, 0.6) is 5.75 Å². The average molecular weight is 365 g/mol. The van der Waals surface area contributed by atoms with Crippen molar-refractivity contribution in [3.8, 4) is 18.1 Å². The van der Waals surface area contributed by atoms with E-state index in [0.29, 0.717) is 0 Å². The number of hydrogen-bond acceptors (Lipinski definition) is 4. The molecule has 1 rings (SSSR count). The molecule has 1 N–H and O–H groups in total. The normalized spacial score (nSPS) is 11.6. The summed E-state index contributed by atoms with van der Waals surface area (Å²) in [5.74, 6) is -13.5. The molecule has 1 amide bonds. The second-order valence-corrected chi connectivity index (χ2v) is 4.97. The van der Waals surface area contributed by atoms with Crippen LogP contribution >= 0.6 is 0 Å². The molecule has 10 heteroatoms. The summed E-state index contributed by atoms with van der Waals surface area (Å²) in [6.45, 7) is 2.43. The summed E-state index contributed by atoms with van der Waals surface area (Å²) in [4.78, 5) is 23.4. The van der Waals surface area contributed by atoms with E-state index in [9.17, 15) is 31.5 Å². The minimum atomic E-state index is -2.40. The maximum Gasteiger partial charge on any atom is 0.408 e. The summed E-state index contributed by atoms with van der Waals surface area (Å²) in [5.41, 5.74) is 0. The minimum absolute atomic E-state index is 0.413. The second-order valence-electron chi connectivity index (χ2n) is 4.97. The Morgan fingerprint density at radius 2 is 1.52 bits per heavy atom. The molecule has 0 aliphatic carbocycles. The van der Waals surface area contributed by atoms with Crippen molar-refractivity contribution < 1.29 is 41.0 Å². The van der Waals surface area contributed by atoms with Gasteiger partial charge in [-0.2, -0.15) is 8.78 Å². The molecule has 0 aliphatic rings. The summed E-state index contributed by atoms with van der Waals surface area (Å²) in [6, 6.07) is -1.50. The molecule has 136 valence electrons. The van der Waals surface area contributed by atoms with Crippen molar-refractivity contribution in [3.63, 3.8) is 0 Å². The molecular formula is C15H12F5NO4. The summed E-state index contributed by atoms with van der Waals surface area (Å²) in [5, 5.41) is 2.01. The first-order valence-electron chi connectivity index (χ1n) is 6.71. The molecule has 0 bridgehead atoms. The number of ether oxygens (including phenoxy) is 2. The Morgan fingerprint density at radius 3 is 1.96 bits per heavy atom. The van der Waals surface area contributed by atoms with Gasteiger partial charge < -0.3 is 14.8 Å². The van der Waals surface area contributed by atoms with Crippen LogP contribution in [0.3, 0.4) is 0 Å². The predicted octanol–water partition coefficient (Wildman–Crippen LogP) is 2.67. The van der Waals surface area contributed by atoms with Gasteiger partial charge in [0, 0.05) is 0 Å². The number of rotatable bonds is 5. The smallest absolute Gasteiger partial charge is 0.408 e. The van der Waals surface area contributed by atoms with Crippen LogP contribution in [0.2, 0.25) is 0 Å². The SMILES string of the molecule is C#CCOC(=O)N[C@H](C(=O)Oc1c(F)c(F)c(F)c(F)c1F)C(C)C. The van der Waals surface area contributed by atoms with Crippen LogP contribution in [0.25, 0.3) is 0 Å². The summed E-state index contributed by atoms with van der Waals surface area (Å²) >= 11 is 0. The zero-order valence-corrected chi connectivity index (χ0v) is 13.0. The Kier molecular flexibility index (Phi) is 6.73.